The zero-order chi connectivity index (χ0) is 21.4. The van der Waals surface area contributed by atoms with Gasteiger partial charge in [-0.2, -0.15) is 0 Å². The van der Waals surface area contributed by atoms with Gasteiger partial charge in [0.15, 0.2) is 0 Å². The fraction of sp³-hybridized carbons (Fsp3) is 0.250. The molecule has 3 aromatic heterocycles. The molecular formula is C24H24N6O. The summed E-state index contributed by atoms with van der Waals surface area (Å²) < 4.78 is 0. The molecule has 1 unspecified atom stereocenters. The molecule has 1 atom stereocenters. The summed E-state index contributed by atoms with van der Waals surface area (Å²) in [5, 5.41) is 4.37. The van der Waals surface area contributed by atoms with E-state index in [1.54, 1.807) is 18.6 Å². The van der Waals surface area contributed by atoms with Crippen LogP contribution in [-0.2, 0) is 0 Å². The number of likely N-dealkylation sites (tertiary alicyclic amines) is 1. The lowest BCUT2D eigenvalue weighted by molar-refractivity contribution is 0.0728. The molecule has 0 radical (unpaired) electrons. The largest absolute Gasteiger partial charge is 0.351 e. The average molecular weight is 412 g/mol. The maximum Gasteiger partial charge on any atom is 0.270 e. The minimum absolute atomic E-state index is 0.0184. The lowest BCUT2D eigenvalue weighted by Crippen LogP contribution is -2.31. The van der Waals surface area contributed by atoms with Crippen molar-refractivity contribution in [2.75, 3.05) is 11.9 Å². The van der Waals surface area contributed by atoms with Crippen LogP contribution in [-0.4, -0.2) is 37.3 Å². The molecule has 1 aliphatic rings. The third kappa shape index (κ3) is 3.74. The summed E-state index contributed by atoms with van der Waals surface area (Å²) >= 11 is 0. The van der Waals surface area contributed by atoms with Gasteiger partial charge in [0.25, 0.3) is 5.91 Å². The topological polar surface area (TPSA) is 86.8 Å². The average Bonchev–Trinajstić information content (AvgIpc) is 3.42. The molecule has 1 saturated heterocycles. The number of benzene rings is 1. The summed E-state index contributed by atoms with van der Waals surface area (Å²) in [5.41, 5.74) is 5.45. The highest BCUT2D eigenvalue weighted by Gasteiger charge is 2.32. The first-order valence-corrected chi connectivity index (χ1v) is 10.5. The van der Waals surface area contributed by atoms with Crippen LogP contribution in [0.4, 0.5) is 11.5 Å². The highest BCUT2D eigenvalue weighted by Crippen LogP contribution is 2.34. The lowest BCUT2D eigenvalue weighted by atomic mass is 10.1. The molecule has 1 aromatic carbocycles. The van der Waals surface area contributed by atoms with Crippen LogP contribution >= 0.6 is 0 Å². The minimum atomic E-state index is -0.0534. The first kappa shape index (κ1) is 19.2. The monoisotopic (exact) mass is 412 g/mol. The second-order valence-corrected chi connectivity index (χ2v) is 8.01. The standard InChI is InChI=1S/C24H24N6O/c1-15-5-3-6-19-18(15)13-21(29-19)24(31)30-10-4-7-22(30)20-12-17(11-16(2)27-20)28-23-14-25-8-9-26-23/h3,5-6,8-9,11-14,22,29H,4,7,10H2,1-2H3,(H,26,27,28). The third-order valence-corrected chi connectivity index (χ3v) is 5.78. The van der Waals surface area contributed by atoms with Gasteiger partial charge in [-0.25, -0.2) is 4.98 Å². The van der Waals surface area contributed by atoms with Gasteiger partial charge >= 0.3 is 0 Å². The molecule has 1 aliphatic heterocycles. The van der Waals surface area contributed by atoms with E-state index >= 15 is 0 Å². The number of carbonyl (C=O) groups excluding carboxylic acids is 1. The molecule has 7 heteroatoms. The molecule has 1 fully saturated rings. The Morgan fingerprint density at radius 3 is 2.90 bits per heavy atom. The number of nitrogens with zero attached hydrogens (tertiary/aromatic N) is 4. The van der Waals surface area contributed by atoms with Crippen molar-refractivity contribution in [2.45, 2.75) is 32.7 Å². The van der Waals surface area contributed by atoms with E-state index in [1.165, 1.54) is 0 Å². The van der Waals surface area contributed by atoms with Gasteiger partial charge in [-0.15, -0.1) is 0 Å². The molecule has 4 aromatic rings. The van der Waals surface area contributed by atoms with Crippen LogP contribution in [0.1, 0.15) is 46.3 Å². The number of amides is 1. The summed E-state index contributed by atoms with van der Waals surface area (Å²) in [5.74, 6) is 0.691. The molecule has 0 aliphatic carbocycles. The zero-order valence-electron chi connectivity index (χ0n) is 17.6. The van der Waals surface area contributed by atoms with Crippen LogP contribution in [0.5, 0.6) is 0 Å². The van der Waals surface area contributed by atoms with Crippen LogP contribution in [0.25, 0.3) is 10.9 Å². The van der Waals surface area contributed by atoms with E-state index in [0.29, 0.717) is 11.5 Å². The number of hydrogen-bond acceptors (Lipinski definition) is 5. The van der Waals surface area contributed by atoms with Crippen molar-refractivity contribution in [3.8, 4) is 0 Å². The Labute approximate surface area is 180 Å². The Balaban J connectivity index is 1.44. The van der Waals surface area contributed by atoms with Crippen LogP contribution in [0, 0.1) is 13.8 Å². The molecule has 0 spiro atoms. The summed E-state index contributed by atoms with van der Waals surface area (Å²) in [4.78, 5) is 31.8. The van der Waals surface area contributed by atoms with Crippen molar-refractivity contribution >= 4 is 28.3 Å². The fourth-order valence-corrected chi connectivity index (χ4v) is 4.34. The van der Waals surface area contributed by atoms with Crippen LogP contribution < -0.4 is 5.32 Å². The Morgan fingerprint density at radius 1 is 1.19 bits per heavy atom. The smallest absolute Gasteiger partial charge is 0.270 e. The number of anilines is 2. The SMILES string of the molecule is Cc1cc(Nc2cnccn2)cc(C2CCCN2C(=O)c2cc3c(C)cccc3[nH]2)n1. The number of aromatic amines is 1. The number of fused-ring (bicyclic) bond motifs is 1. The van der Waals surface area contributed by atoms with Crippen LogP contribution in [0.2, 0.25) is 0 Å². The highest BCUT2D eigenvalue weighted by atomic mass is 16.2. The molecular weight excluding hydrogens is 388 g/mol. The van der Waals surface area contributed by atoms with E-state index in [9.17, 15) is 4.79 Å². The van der Waals surface area contributed by atoms with Gasteiger partial charge in [0.2, 0.25) is 0 Å². The predicted molar refractivity (Wildman–Crippen MR) is 120 cm³/mol. The van der Waals surface area contributed by atoms with E-state index in [4.69, 9.17) is 4.98 Å². The van der Waals surface area contributed by atoms with Crippen molar-refractivity contribution in [3.63, 3.8) is 0 Å². The van der Waals surface area contributed by atoms with E-state index in [1.807, 2.05) is 42.2 Å². The van der Waals surface area contributed by atoms with Gasteiger partial charge in [-0.1, -0.05) is 12.1 Å². The van der Waals surface area contributed by atoms with E-state index in [0.717, 1.165) is 52.9 Å². The van der Waals surface area contributed by atoms with Gasteiger partial charge in [0, 0.05) is 41.2 Å². The summed E-state index contributed by atoms with van der Waals surface area (Å²) in [6, 6.07) is 12.0. The Kier molecular flexibility index (Phi) is 4.86. The molecule has 0 saturated carbocycles. The van der Waals surface area contributed by atoms with Gasteiger partial charge in [-0.3, -0.25) is 14.8 Å². The second-order valence-electron chi connectivity index (χ2n) is 8.01. The maximum atomic E-state index is 13.4. The Morgan fingerprint density at radius 2 is 2.10 bits per heavy atom. The molecule has 7 nitrogen and oxygen atoms in total. The predicted octanol–water partition coefficient (Wildman–Crippen LogP) is 4.69. The number of carbonyl (C=O) groups is 1. The first-order valence-electron chi connectivity index (χ1n) is 10.5. The van der Waals surface area contributed by atoms with Crippen molar-refractivity contribution in [2.24, 2.45) is 0 Å². The van der Waals surface area contributed by atoms with E-state index < -0.39 is 0 Å². The number of rotatable bonds is 4. The van der Waals surface area contributed by atoms with E-state index in [-0.39, 0.29) is 11.9 Å². The van der Waals surface area contributed by atoms with E-state index in [2.05, 4.69) is 33.3 Å². The maximum absolute atomic E-state index is 13.4. The Hall–Kier alpha value is -3.74. The number of H-pyrrole nitrogens is 1. The first-order chi connectivity index (χ1) is 15.1. The van der Waals surface area contributed by atoms with Crippen molar-refractivity contribution in [1.82, 2.24) is 24.8 Å². The quantitative estimate of drug-likeness (QED) is 0.508. The van der Waals surface area contributed by atoms with Crippen molar-refractivity contribution < 1.29 is 4.79 Å². The zero-order valence-corrected chi connectivity index (χ0v) is 17.6. The molecule has 2 N–H and O–H groups in total. The molecule has 1 amide bonds. The summed E-state index contributed by atoms with van der Waals surface area (Å²) in [7, 11) is 0. The number of pyridine rings is 1. The van der Waals surface area contributed by atoms with Crippen molar-refractivity contribution in [3.05, 3.63) is 77.6 Å². The molecule has 31 heavy (non-hydrogen) atoms. The molecule has 0 bridgehead atoms. The number of nitrogens with one attached hydrogen (secondary N) is 2. The van der Waals surface area contributed by atoms with Gasteiger partial charge in [-0.05, 0) is 56.5 Å². The molecule has 156 valence electrons. The van der Waals surface area contributed by atoms with Crippen LogP contribution in [0.15, 0.2) is 55.0 Å². The number of aromatic nitrogens is 4. The highest BCUT2D eigenvalue weighted by molar-refractivity contribution is 5.99. The minimum Gasteiger partial charge on any atom is -0.351 e. The normalized spacial score (nSPS) is 16.1. The number of aryl methyl sites for hydroxylation is 2. The van der Waals surface area contributed by atoms with Crippen LogP contribution in [0.3, 0.4) is 0 Å². The van der Waals surface area contributed by atoms with Gasteiger partial charge in [0.05, 0.1) is 17.9 Å². The lowest BCUT2D eigenvalue weighted by Gasteiger charge is -2.24. The second kappa shape index (κ2) is 7.83. The van der Waals surface area contributed by atoms with Gasteiger partial charge < -0.3 is 15.2 Å². The third-order valence-electron chi connectivity index (χ3n) is 5.78. The molecule has 5 rings (SSSR count). The number of hydrogen-bond donors (Lipinski definition) is 2. The van der Waals surface area contributed by atoms with Crippen molar-refractivity contribution in [1.29, 1.82) is 0 Å². The fourth-order valence-electron chi connectivity index (χ4n) is 4.34. The van der Waals surface area contributed by atoms with Gasteiger partial charge in [0.1, 0.15) is 11.5 Å². The molecule has 4 heterocycles. The summed E-state index contributed by atoms with van der Waals surface area (Å²) in [6.07, 6.45) is 6.82. The summed E-state index contributed by atoms with van der Waals surface area (Å²) in [6.45, 7) is 4.75. The Bertz CT molecular complexity index is 1250.